The van der Waals surface area contributed by atoms with Gasteiger partial charge in [-0.05, 0) is 16.5 Å². The third kappa shape index (κ3) is 2.86. The normalized spacial score (nSPS) is 10.2. The fourth-order valence-electron chi connectivity index (χ4n) is 1.84. The lowest BCUT2D eigenvalue weighted by Gasteiger charge is -2.13. The van der Waals surface area contributed by atoms with Crippen molar-refractivity contribution in [1.82, 2.24) is 20.2 Å². The number of tetrazole rings is 1. The van der Waals surface area contributed by atoms with E-state index in [-0.39, 0.29) is 12.4 Å². The Kier molecular flexibility index (Phi) is 4.21. The SMILES string of the molecule is COc1cc(OC)c(-c2nnnn2CC(=O)O)cc1OC. The highest BCUT2D eigenvalue weighted by molar-refractivity contribution is 5.71. The summed E-state index contributed by atoms with van der Waals surface area (Å²) in [5.41, 5.74) is 0.501. The summed E-state index contributed by atoms with van der Waals surface area (Å²) in [6.07, 6.45) is 0. The molecule has 9 heteroatoms. The minimum Gasteiger partial charge on any atom is -0.496 e. The molecule has 9 nitrogen and oxygen atoms in total. The predicted octanol–water partition coefficient (Wildman–Crippen LogP) is 0.450. The largest absolute Gasteiger partial charge is 0.496 e. The number of carboxylic acids is 1. The zero-order valence-corrected chi connectivity index (χ0v) is 11.7. The maximum Gasteiger partial charge on any atom is 0.325 e. The molecule has 1 aromatic carbocycles. The van der Waals surface area contributed by atoms with Gasteiger partial charge in [0.1, 0.15) is 12.3 Å². The summed E-state index contributed by atoms with van der Waals surface area (Å²) in [7, 11) is 4.48. The van der Waals surface area contributed by atoms with Gasteiger partial charge in [-0.25, -0.2) is 4.68 Å². The lowest BCUT2D eigenvalue weighted by molar-refractivity contribution is -0.137. The summed E-state index contributed by atoms with van der Waals surface area (Å²) in [6.45, 7) is -0.361. The van der Waals surface area contributed by atoms with E-state index in [0.717, 1.165) is 4.68 Å². The van der Waals surface area contributed by atoms with Crippen molar-refractivity contribution in [1.29, 1.82) is 0 Å². The lowest BCUT2D eigenvalue weighted by Crippen LogP contribution is -2.12. The van der Waals surface area contributed by atoms with Crippen molar-refractivity contribution in [3.8, 4) is 28.6 Å². The van der Waals surface area contributed by atoms with Gasteiger partial charge in [0.2, 0.25) is 0 Å². The second-order valence-electron chi connectivity index (χ2n) is 3.96. The molecule has 0 amide bonds. The third-order valence-corrected chi connectivity index (χ3v) is 2.76. The Hall–Kier alpha value is -2.84. The summed E-state index contributed by atoms with van der Waals surface area (Å²) >= 11 is 0. The molecule has 1 heterocycles. The average molecular weight is 294 g/mol. The topological polar surface area (TPSA) is 109 Å². The van der Waals surface area contributed by atoms with E-state index in [1.54, 1.807) is 12.1 Å². The van der Waals surface area contributed by atoms with Crippen LogP contribution in [0.4, 0.5) is 0 Å². The van der Waals surface area contributed by atoms with E-state index in [0.29, 0.717) is 22.8 Å². The third-order valence-electron chi connectivity index (χ3n) is 2.76. The van der Waals surface area contributed by atoms with E-state index in [2.05, 4.69) is 15.5 Å². The highest BCUT2D eigenvalue weighted by Crippen LogP contribution is 2.39. The number of benzene rings is 1. The molecule has 1 N–H and O–H groups in total. The first-order valence-corrected chi connectivity index (χ1v) is 5.89. The van der Waals surface area contributed by atoms with Crippen LogP contribution in [0.1, 0.15) is 0 Å². The van der Waals surface area contributed by atoms with Crippen LogP contribution in [0, 0.1) is 0 Å². The first kappa shape index (κ1) is 14.6. The van der Waals surface area contributed by atoms with Crippen LogP contribution >= 0.6 is 0 Å². The van der Waals surface area contributed by atoms with Gasteiger partial charge in [-0.3, -0.25) is 4.79 Å². The number of aromatic nitrogens is 4. The fourth-order valence-corrected chi connectivity index (χ4v) is 1.84. The van der Waals surface area contributed by atoms with Crippen LogP contribution in [0.25, 0.3) is 11.4 Å². The zero-order chi connectivity index (χ0) is 15.4. The van der Waals surface area contributed by atoms with Crippen LogP contribution in [-0.4, -0.2) is 52.6 Å². The molecule has 2 aromatic rings. The first-order valence-electron chi connectivity index (χ1n) is 5.89. The predicted molar refractivity (Wildman–Crippen MR) is 70.5 cm³/mol. The zero-order valence-electron chi connectivity index (χ0n) is 11.7. The Bertz CT molecular complexity index is 655. The van der Waals surface area contributed by atoms with Crippen molar-refractivity contribution in [2.24, 2.45) is 0 Å². The van der Waals surface area contributed by atoms with Gasteiger partial charge in [-0.1, -0.05) is 0 Å². The molecule has 0 radical (unpaired) electrons. The van der Waals surface area contributed by atoms with Crippen LogP contribution in [-0.2, 0) is 11.3 Å². The van der Waals surface area contributed by atoms with Gasteiger partial charge in [0.25, 0.3) is 0 Å². The second kappa shape index (κ2) is 6.07. The number of nitrogens with zero attached hydrogens (tertiary/aromatic N) is 4. The van der Waals surface area contributed by atoms with Crippen LogP contribution in [0.15, 0.2) is 12.1 Å². The van der Waals surface area contributed by atoms with Crippen molar-refractivity contribution in [3.05, 3.63) is 12.1 Å². The van der Waals surface area contributed by atoms with Crippen molar-refractivity contribution < 1.29 is 24.1 Å². The highest BCUT2D eigenvalue weighted by Gasteiger charge is 2.19. The minimum atomic E-state index is -1.05. The molecule has 0 saturated heterocycles. The van der Waals surface area contributed by atoms with E-state index in [9.17, 15) is 4.79 Å². The van der Waals surface area contributed by atoms with Gasteiger partial charge >= 0.3 is 5.97 Å². The molecule has 0 aliphatic rings. The van der Waals surface area contributed by atoms with E-state index >= 15 is 0 Å². The number of carboxylic acid groups (broad SMARTS) is 1. The van der Waals surface area contributed by atoms with Gasteiger partial charge in [0, 0.05) is 6.07 Å². The Morgan fingerprint density at radius 3 is 2.33 bits per heavy atom. The molecule has 0 saturated carbocycles. The summed E-state index contributed by atoms with van der Waals surface area (Å²) in [5, 5.41) is 19.9. The molecule has 0 aliphatic heterocycles. The molecular formula is C12H14N4O5. The summed E-state index contributed by atoms with van der Waals surface area (Å²) in [4.78, 5) is 10.8. The van der Waals surface area contributed by atoms with Gasteiger partial charge in [-0.2, -0.15) is 0 Å². The number of methoxy groups -OCH3 is 3. The number of hydrogen-bond donors (Lipinski definition) is 1. The molecule has 0 aliphatic carbocycles. The molecular weight excluding hydrogens is 280 g/mol. The quantitative estimate of drug-likeness (QED) is 0.818. The molecule has 0 fully saturated rings. The van der Waals surface area contributed by atoms with Crippen molar-refractivity contribution in [2.75, 3.05) is 21.3 Å². The number of ether oxygens (including phenoxy) is 3. The molecule has 21 heavy (non-hydrogen) atoms. The number of rotatable bonds is 6. The molecule has 2 rings (SSSR count). The van der Waals surface area contributed by atoms with E-state index in [1.165, 1.54) is 21.3 Å². The van der Waals surface area contributed by atoms with Crippen molar-refractivity contribution in [2.45, 2.75) is 6.54 Å². The van der Waals surface area contributed by atoms with Crippen LogP contribution in [0.2, 0.25) is 0 Å². The standard InChI is InChI=1S/C12H14N4O5/c1-19-8-5-10(21-3)9(20-2)4-7(8)12-13-14-15-16(12)6-11(17)18/h4-5H,6H2,1-3H3,(H,17,18). The smallest absolute Gasteiger partial charge is 0.325 e. The van der Waals surface area contributed by atoms with Crippen LogP contribution in [0.5, 0.6) is 17.2 Å². The maximum atomic E-state index is 10.8. The molecule has 0 bridgehead atoms. The number of aliphatic carboxylic acids is 1. The maximum absolute atomic E-state index is 10.8. The van der Waals surface area contributed by atoms with Crippen LogP contribution < -0.4 is 14.2 Å². The molecule has 0 atom stereocenters. The second-order valence-corrected chi connectivity index (χ2v) is 3.96. The lowest BCUT2D eigenvalue weighted by atomic mass is 10.1. The van der Waals surface area contributed by atoms with Crippen molar-refractivity contribution >= 4 is 5.97 Å². The van der Waals surface area contributed by atoms with Gasteiger partial charge in [0.15, 0.2) is 17.3 Å². The molecule has 112 valence electrons. The summed E-state index contributed by atoms with van der Waals surface area (Å²) in [5.74, 6) is 0.584. The van der Waals surface area contributed by atoms with E-state index < -0.39 is 5.97 Å². The minimum absolute atomic E-state index is 0.259. The number of hydrogen-bond acceptors (Lipinski definition) is 7. The van der Waals surface area contributed by atoms with E-state index in [4.69, 9.17) is 19.3 Å². The van der Waals surface area contributed by atoms with Gasteiger partial charge in [-0.15, -0.1) is 5.10 Å². The molecule has 0 unspecified atom stereocenters. The Labute approximate surface area is 120 Å². The fraction of sp³-hybridized carbons (Fsp3) is 0.333. The highest BCUT2D eigenvalue weighted by atomic mass is 16.5. The monoisotopic (exact) mass is 294 g/mol. The van der Waals surface area contributed by atoms with E-state index in [1.807, 2.05) is 0 Å². The summed E-state index contributed by atoms with van der Waals surface area (Å²) < 4.78 is 16.8. The average Bonchev–Trinajstić information content (AvgIpc) is 2.92. The van der Waals surface area contributed by atoms with Gasteiger partial charge in [0.05, 0.1) is 26.9 Å². The van der Waals surface area contributed by atoms with Gasteiger partial charge < -0.3 is 19.3 Å². The van der Waals surface area contributed by atoms with Crippen molar-refractivity contribution in [3.63, 3.8) is 0 Å². The Morgan fingerprint density at radius 2 is 1.76 bits per heavy atom. The molecule has 0 spiro atoms. The molecule has 1 aromatic heterocycles. The Morgan fingerprint density at radius 1 is 1.14 bits per heavy atom. The number of carbonyl (C=O) groups is 1. The van der Waals surface area contributed by atoms with Crippen LogP contribution in [0.3, 0.4) is 0 Å². The first-order chi connectivity index (χ1) is 10.1. The Balaban J connectivity index is 2.57. The summed E-state index contributed by atoms with van der Waals surface area (Å²) in [6, 6.07) is 3.25.